The van der Waals surface area contributed by atoms with Gasteiger partial charge in [0.05, 0.1) is 28.4 Å². The van der Waals surface area contributed by atoms with Crippen LogP contribution in [0.1, 0.15) is 45.5 Å². The molecule has 6 aliphatic heterocycles. The van der Waals surface area contributed by atoms with Gasteiger partial charge in [-0.3, -0.25) is 9.80 Å². The highest BCUT2D eigenvalue weighted by Gasteiger charge is 2.34. The van der Waals surface area contributed by atoms with Crippen molar-refractivity contribution in [2.45, 2.75) is 37.8 Å². The molecule has 8 nitrogen and oxygen atoms in total. The number of ether oxygens (including phenoxy) is 6. The van der Waals surface area contributed by atoms with Gasteiger partial charge < -0.3 is 28.4 Å². The summed E-state index contributed by atoms with van der Waals surface area (Å²) < 4.78 is 37.0. The van der Waals surface area contributed by atoms with Gasteiger partial charge in [-0.2, -0.15) is 0 Å². The lowest BCUT2D eigenvalue weighted by Crippen LogP contribution is -2.34. The van der Waals surface area contributed by atoms with Crippen LogP contribution in [0, 0.1) is 0 Å². The fraction of sp³-hybridized carbons (Fsp3) is 0.368. The highest BCUT2D eigenvalue weighted by Crippen LogP contribution is 2.50. The van der Waals surface area contributed by atoms with Gasteiger partial charge in [0.25, 0.3) is 0 Å². The third-order valence-corrected chi connectivity index (χ3v) is 9.83. The van der Waals surface area contributed by atoms with E-state index in [2.05, 4.69) is 72.4 Å². The SMILES string of the molecule is COc1cc2c3c(c1)Oc1ccc(cc1OC)CC1c4c(cc(OC)c(OC)c4Oc4ccc(cc4)CC3N(C)CC2)CCN1C. The van der Waals surface area contributed by atoms with Gasteiger partial charge >= 0.3 is 0 Å². The molecule has 0 spiro atoms. The smallest absolute Gasteiger partial charge is 0.204 e. The Morgan fingerprint density at radius 2 is 1.26 bits per heavy atom. The van der Waals surface area contributed by atoms with E-state index in [1.54, 1.807) is 28.4 Å². The van der Waals surface area contributed by atoms with E-state index in [1.165, 1.54) is 22.3 Å². The standard InChI is InChI=1S/C38H42N2O6/c1-39-15-13-25-20-28(41-3)22-33-35(25)29(39)17-23-7-10-27(11-8-23)45-38-36-26(21-34(43-5)37(38)44-6)14-16-40(2)30(36)18-24-9-12-31(46-33)32(19-24)42-4/h7-12,19-22,29-30H,13-18H2,1-6H3. The molecule has 0 aromatic heterocycles. The number of rotatable bonds is 4. The number of benzene rings is 4. The van der Waals surface area contributed by atoms with Crippen LogP contribution >= 0.6 is 0 Å². The van der Waals surface area contributed by atoms with E-state index in [-0.39, 0.29) is 12.1 Å². The Balaban J connectivity index is 1.42. The number of nitrogens with zero attached hydrogens (tertiary/aromatic N) is 2. The largest absolute Gasteiger partial charge is 0.497 e. The Morgan fingerprint density at radius 1 is 0.609 bits per heavy atom. The molecule has 4 aromatic rings. The van der Waals surface area contributed by atoms with Crippen LogP contribution in [0.25, 0.3) is 0 Å². The zero-order valence-corrected chi connectivity index (χ0v) is 27.5. The van der Waals surface area contributed by atoms with Crippen molar-refractivity contribution in [2.75, 3.05) is 55.6 Å². The highest BCUT2D eigenvalue weighted by atomic mass is 16.5. The lowest BCUT2D eigenvalue weighted by molar-refractivity contribution is 0.221. The van der Waals surface area contributed by atoms with Gasteiger partial charge in [0.2, 0.25) is 5.75 Å². The van der Waals surface area contributed by atoms with Gasteiger partial charge in [0, 0.05) is 42.4 Å². The Hall–Kier alpha value is -4.40. The molecule has 4 aromatic carbocycles. The van der Waals surface area contributed by atoms with E-state index in [1.807, 2.05) is 12.1 Å². The van der Waals surface area contributed by atoms with E-state index >= 15 is 0 Å². The summed E-state index contributed by atoms with van der Waals surface area (Å²) in [6.07, 6.45) is 3.35. The minimum absolute atomic E-state index is 0.0369. The lowest BCUT2D eigenvalue weighted by atomic mass is 9.87. The molecule has 8 heteroatoms. The quantitative estimate of drug-likeness (QED) is 0.238. The Bertz CT molecular complexity index is 1750. The molecule has 240 valence electrons. The van der Waals surface area contributed by atoms with Gasteiger partial charge in [-0.15, -0.1) is 0 Å². The third-order valence-electron chi connectivity index (χ3n) is 9.83. The predicted molar refractivity (Wildman–Crippen MR) is 178 cm³/mol. The summed E-state index contributed by atoms with van der Waals surface area (Å²) in [7, 11) is 11.1. The molecule has 6 heterocycles. The first-order chi connectivity index (χ1) is 22.4. The van der Waals surface area contributed by atoms with Crippen LogP contribution in [-0.4, -0.2) is 65.4 Å². The Morgan fingerprint density at radius 3 is 1.93 bits per heavy atom. The highest BCUT2D eigenvalue weighted by molar-refractivity contribution is 5.62. The third kappa shape index (κ3) is 5.39. The Kier molecular flexibility index (Phi) is 8.17. The molecule has 10 rings (SSSR count). The molecule has 0 amide bonds. The summed E-state index contributed by atoms with van der Waals surface area (Å²) in [5.74, 6) is 5.68. The topological polar surface area (TPSA) is 61.9 Å². The molecule has 4 bridgehead atoms. The van der Waals surface area contributed by atoms with Gasteiger partial charge in [0.1, 0.15) is 17.2 Å². The predicted octanol–water partition coefficient (Wildman–Crippen LogP) is 7.16. The zero-order valence-electron chi connectivity index (χ0n) is 27.5. The van der Waals surface area contributed by atoms with Crippen LogP contribution in [-0.2, 0) is 25.7 Å². The fourth-order valence-corrected chi connectivity index (χ4v) is 7.31. The molecular formula is C38H42N2O6. The van der Waals surface area contributed by atoms with E-state index < -0.39 is 0 Å². The average molecular weight is 623 g/mol. The molecule has 6 aliphatic rings. The van der Waals surface area contributed by atoms with Crippen molar-refractivity contribution in [3.8, 4) is 46.0 Å². The normalized spacial score (nSPS) is 19.2. The molecule has 0 radical (unpaired) electrons. The minimum atomic E-state index is 0.0369. The van der Waals surface area contributed by atoms with Crippen LogP contribution in [0.15, 0.2) is 60.7 Å². The first-order valence-electron chi connectivity index (χ1n) is 15.9. The maximum absolute atomic E-state index is 6.78. The van der Waals surface area contributed by atoms with Crippen molar-refractivity contribution in [1.29, 1.82) is 0 Å². The molecule has 0 saturated carbocycles. The van der Waals surface area contributed by atoms with Crippen molar-refractivity contribution in [3.63, 3.8) is 0 Å². The number of methoxy groups -OCH3 is 4. The number of hydrogen-bond donors (Lipinski definition) is 0. The molecule has 0 saturated heterocycles. The van der Waals surface area contributed by atoms with Crippen LogP contribution in [0.4, 0.5) is 0 Å². The summed E-state index contributed by atoms with van der Waals surface area (Å²) in [5.41, 5.74) is 7.09. The van der Waals surface area contributed by atoms with Crippen molar-refractivity contribution in [2.24, 2.45) is 0 Å². The second kappa shape index (κ2) is 12.4. The summed E-state index contributed by atoms with van der Waals surface area (Å²) >= 11 is 0. The van der Waals surface area contributed by atoms with Crippen molar-refractivity contribution in [3.05, 3.63) is 94.0 Å². The summed E-state index contributed by atoms with van der Waals surface area (Å²) in [5, 5.41) is 0. The lowest BCUT2D eigenvalue weighted by Gasteiger charge is -2.37. The summed E-state index contributed by atoms with van der Waals surface area (Å²) in [6.45, 7) is 1.86. The van der Waals surface area contributed by atoms with E-state index in [0.29, 0.717) is 28.7 Å². The first kappa shape index (κ1) is 30.3. The average Bonchev–Trinajstić information content (AvgIpc) is 3.07. The van der Waals surface area contributed by atoms with Crippen molar-refractivity contribution < 1.29 is 28.4 Å². The van der Waals surface area contributed by atoms with Crippen LogP contribution in [0.2, 0.25) is 0 Å². The van der Waals surface area contributed by atoms with Gasteiger partial charge in [-0.25, -0.2) is 0 Å². The van der Waals surface area contributed by atoms with Crippen LogP contribution in [0.3, 0.4) is 0 Å². The van der Waals surface area contributed by atoms with Gasteiger partial charge in [-0.05, 0) is 98.4 Å². The second-order valence-corrected chi connectivity index (χ2v) is 12.4. The summed E-state index contributed by atoms with van der Waals surface area (Å²) in [4.78, 5) is 4.80. The monoisotopic (exact) mass is 622 g/mol. The van der Waals surface area contributed by atoms with E-state index in [4.69, 9.17) is 28.4 Å². The number of hydrogen-bond acceptors (Lipinski definition) is 8. The van der Waals surface area contributed by atoms with E-state index in [0.717, 1.165) is 67.1 Å². The maximum atomic E-state index is 6.78. The summed E-state index contributed by atoms with van der Waals surface area (Å²) in [6, 6.07) is 21.1. The molecule has 0 N–H and O–H groups in total. The number of likely N-dealkylation sites (N-methyl/N-ethyl adjacent to an activating group) is 2. The molecule has 2 unspecified atom stereocenters. The van der Waals surface area contributed by atoms with Crippen LogP contribution < -0.4 is 28.4 Å². The Labute approximate surface area is 271 Å². The van der Waals surface area contributed by atoms with Crippen molar-refractivity contribution in [1.82, 2.24) is 9.80 Å². The van der Waals surface area contributed by atoms with E-state index in [9.17, 15) is 0 Å². The first-order valence-corrected chi connectivity index (χ1v) is 15.9. The van der Waals surface area contributed by atoms with Crippen LogP contribution in [0.5, 0.6) is 46.0 Å². The second-order valence-electron chi connectivity index (χ2n) is 12.4. The molecule has 46 heavy (non-hydrogen) atoms. The molecule has 0 aliphatic carbocycles. The van der Waals surface area contributed by atoms with Crippen molar-refractivity contribution >= 4 is 0 Å². The van der Waals surface area contributed by atoms with Gasteiger partial charge in [0.15, 0.2) is 23.0 Å². The van der Waals surface area contributed by atoms with Gasteiger partial charge in [-0.1, -0.05) is 18.2 Å². The molecule has 0 fully saturated rings. The fourth-order valence-electron chi connectivity index (χ4n) is 7.31. The zero-order chi connectivity index (χ0) is 31.9. The molecular weight excluding hydrogens is 580 g/mol. The minimum Gasteiger partial charge on any atom is -0.497 e. The maximum Gasteiger partial charge on any atom is 0.204 e. The molecule has 2 atom stereocenters.